The minimum absolute atomic E-state index is 0.427. The van der Waals surface area contributed by atoms with Crippen LogP contribution in [-0.2, 0) is 6.54 Å². The first-order valence-electron chi connectivity index (χ1n) is 8.12. The summed E-state index contributed by atoms with van der Waals surface area (Å²) in [5.41, 5.74) is 1.90. The van der Waals surface area contributed by atoms with Gasteiger partial charge in [-0.1, -0.05) is 26.7 Å². The molecule has 112 valence electrons. The molecule has 1 aromatic heterocycles. The molecular weight excluding hydrogens is 264 g/mol. The maximum absolute atomic E-state index is 3.91. The molecule has 3 rings (SSSR count). The van der Waals surface area contributed by atoms with Crippen LogP contribution in [0, 0.1) is 12.8 Å². The van der Waals surface area contributed by atoms with E-state index in [0.29, 0.717) is 11.6 Å². The number of piperazine rings is 1. The summed E-state index contributed by atoms with van der Waals surface area (Å²) in [6, 6.07) is 2.94. The lowest BCUT2D eigenvalue weighted by Gasteiger charge is -2.48. The first-order valence-corrected chi connectivity index (χ1v) is 9.00. The van der Waals surface area contributed by atoms with E-state index in [0.717, 1.165) is 12.5 Å². The van der Waals surface area contributed by atoms with Crippen molar-refractivity contribution in [2.45, 2.75) is 64.6 Å². The minimum atomic E-state index is 0.427. The van der Waals surface area contributed by atoms with Crippen molar-refractivity contribution < 1.29 is 0 Å². The Kier molecular flexibility index (Phi) is 4.21. The molecule has 1 aromatic rings. The van der Waals surface area contributed by atoms with Gasteiger partial charge in [-0.05, 0) is 42.7 Å². The predicted octanol–water partition coefficient (Wildman–Crippen LogP) is 3.80. The molecule has 0 bridgehead atoms. The van der Waals surface area contributed by atoms with Gasteiger partial charge in [-0.15, -0.1) is 11.3 Å². The summed E-state index contributed by atoms with van der Waals surface area (Å²) in [5.74, 6) is 0.724. The monoisotopic (exact) mass is 292 g/mol. The maximum Gasteiger partial charge on any atom is 0.0334 e. The third-order valence-corrected chi connectivity index (χ3v) is 6.31. The highest BCUT2D eigenvalue weighted by atomic mass is 32.1. The van der Waals surface area contributed by atoms with Crippen molar-refractivity contribution in [3.05, 3.63) is 21.9 Å². The van der Waals surface area contributed by atoms with E-state index in [1.165, 1.54) is 44.3 Å². The van der Waals surface area contributed by atoms with Gasteiger partial charge >= 0.3 is 0 Å². The number of rotatable bonds is 3. The molecule has 1 N–H and O–H groups in total. The molecule has 1 aliphatic carbocycles. The first-order chi connectivity index (χ1) is 9.60. The minimum Gasteiger partial charge on any atom is -0.308 e. The Morgan fingerprint density at radius 2 is 2.15 bits per heavy atom. The van der Waals surface area contributed by atoms with Crippen molar-refractivity contribution in [1.29, 1.82) is 0 Å². The molecule has 0 aromatic carbocycles. The molecule has 1 saturated heterocycles. The zero-order chi connectivity index (χ0) is 14.2. The van der Waals surface area contributed by atoms with Crippen LogP contribution >= 0.6 is 11.3 Å². The average molecular weight is 292 g/mol. The summed E-state index contributed by atoms with van der Waals surface area (Å²) in [6.07, 6.45) is 5.56. The van der Waals surface area contributed by atoms with Crippen molar-refractivity contribution in [2.75, 3.05) is 13.1 Å². The number of aryl methyl sites for hydroxylation is 1. The van der Waals surface area contributed by atoms with Gasteiger partial charge in [0.15, 0.2) is 0 Å². The van der Waals surface area contributed by atoms with Gasteiger partial charge in [0.25, 0.3) is 0 Å². The molecule has 2 aliphatic rings. The molecular formula is C17H28N2S. The van der Waals surface area contributed by atoms with Gasteiger partial charge in [0.05, 0.1) is 0 Å². The summed E-state index contributed by atoms with van der Waals surface area (Å²) >= 11 is 1.93. The Morgan fingerprint density at radius 3 is 2.75 bits per heavy atom. The van der Waals surface area contributed by atoms with Gasteiger partial charge in [0, 0.05) is 36.1 Å². The standard InChI is InChI=1S/C17H28N2S/c1-13(2)15-10-18-17(7-4-5-8-17)12-19(15)11-16-14(3)6-9-20-16/h6,9,13,15,18H,4-5,7-8,10-12H2,1-3H3. The quantitative estimate of drug-likeness (QED) is 0.911. The van der Waals surface area contributed by atoms with Crippen molar-refractivity contribution >= 4 is 11.3 Å². The number of hydrogen-bond donors (Lipinski definition) is 1. The summed E-state index contributed by atoms with van der Waals surface area (Å²) in [5, 5.41) is 6.15. The van der Waals surface area contributed by atoms with Gasteiger partial charge in [0.1, 0.15) is 0 Å². The Bertz CT molecular complexity index is 446. The van der Waals surface area contributed by atoms with Crippen LogP contribution in [0.25, 0.3) is 0 Å². The largest absolute Gasteiger partial charge is 0.308 e. The fourth-order valence-corrected chi connectivity index (χ4v) is 4.91. The average Bonchev–Trinajstić information content (AvgIpc) is 3.00. The molecule has 1 atom stereocenters. The third kappa shape index (κ3) is 2.81. The predicted molar refractivity (Wildman–Crippen MR) is 87.3 cm³/mol. The number of nitrogens with one attached hydrogen (secondary N) is 1. The molecule has 0 radical (unpaired) electrons. The summed E-state index contributed by atoms with van der Waals surface area (Å²) in [4.78, 5) is 4.33. The molecule has 1 unspecified atom stereocenters. The summed E-state index contributed by atoms with van der Waals surface area (Å²) in [7, 11) is 0. The van der Waals surface area contributed by atoms with Crippen molar-refractivity contribution in [2.24, 2.45) is 5.92 Å². The van der Waals surface area contributed by atoms with E-state index in [1.807, 2.05) is 11.3 Å². The van der Waals surface area contributed by atoms with E-state index >= 15 is 0 Å². The van der Waals surface area contributed by atoms with Crippen LogP contribution in [0.1, 0.15) is 50.0 Å². The van der Waals surface area contributed by atoms with Crippen LogP contribution in [-0.4, -0.2) is 29.6 Å². The Morgan fingerprint density at radius 1 is 1.40 bits per heavy atom. The highest BCUT2D eigenvalue weighted by Gasteiger charge is 2.41. The second-order valence-electron chi connectivity index (χ2n) is 7.11. The van der Waals surface area contributed by atoms with E-state index in [2.05, 4.69) is 42.4 Å². The number of thiophene rings is 1. The van der Waals surface area contributed by atoms with E-state index in [1.54, 1.807) is 4.88 Å². The molecule has 1 saturated carbocycles. The maximum atomic E-state index is 3.91. The van der Waals surface area contributed by atoms with Crippen LogP contribution in [0.15, 0.2) is 11.4 Å². The van der Waals surface area contributed by atoms with Gasteiger partial charge < -0.3 is 5.32 Å². The molecule has 2 heterocycles. The Balaban J connectivity index is 1.77. The molecule has 20 heavy (non-hydrogen) atoms. The van der Waals surface area contributed by atoms with Crippen LogP contribution < -0.4 is 5.32 Å². The number of hydrogen-bond acceptors (Lipinski definition) is 3. The van der Waals surface area contributed by atoms with E-state index in [-0.39, 0.29) is 0 Å². The molecule has 2 nitrogen and oxygen atoms in total. The second kappa shape index (κ2) is 5.78. The lowest BCUT2D eigenvalue weighted by atomic mass is 9.89. The molecule has 1 spiro atoms. The van der Waals surface area contributed by atoms with E-state index in [4.69, 9.17) is 0 Å². The highest BCUT2D eigenvalue weighted by molar-refractivity contribution is 7.10. The summed E-state index contributed by atoms with van der Waals surface area (Å²) < 4.78 is 0. The van der Waals surface area contributed by atoms with Crippen molar-refractivity contribution in [3.63, 3.8) is 0 Å². The normalized spacial score (nSPS) is 26.7. The zero-order valence-electron chi connectivity index (χ0n) is 13.1. The van der Waals surface area contributed by atoms with E-state index < -0.39 is 0 Å². The van der Waals surface area contributed by atoms with Gasteiger partial charge in [-0.2, -0.15) is 0 Å². The third-order valence-electron chi connectivity index (χ3n) is 5.31. The Labute approximate surface area is 127 Å². The zero-order valence-corrected chi connectivity index (χ0v) is 13.9. The van der Waals surface area contributed by atoms with Crippen molar-refractivity contribution in [1.82, 2.24) is 10.2 Å². The van der Waals surface area contributed by atoms with Gasteiger partial charge in [0.2, 0.25) is 0 Å². The highest BCUT2D eigenvalue weighted by Crippen LogP contribution is 2.35. The fourth-order valence-electron chi connectivity index (χ4n) is 3.98. The van der Waals surface area contributed by atoms with Crippen LogP contribution in [0.5, 0.6) is 0 Å². The van der Waals surface area contributed by atoms with Crippen LogP contribution in [0.3, 0.4) is 0 Å². The van der Waals surface area contributed by atoms with Gasteiger partial charge in [-0.25, -0.2) is 0 Å². The second-order valence-corrected chi connectivity index (χ2v) is 8.11. The van der Waals surface area contributed by atoms with Crippen LogP contribution in [0.2, 0.25) is 0 Å². The fraction of sp³-hybridized carbons (Fsp3) is 0.765. The number of nitrogens with zero attached hydrogens (tertiary/aromatic N) is 1. The van der Waals surface area contributed by atoms with E-state index in [9.17, 15) is 0 Å². The van der Waals surface area contributed by atoms with Gasteiger partial charge in [-0.3, -0.25) is 4.90 Å². The smallest absolute Gasteiger partial charge is 0.0334 e. The van der Waals surface area contributed by atoms with Crippen LogP contribution in [0.4, 0.5) is 0 Å². The lowest BCUT2D eigenvalue weighted by molar-refractivity contribution is 0.0514. The Hall–Kier alpha value is -0.380. The lowest BCUT2D eigenvalue weighted by Crippen LogP contribution is -2.63. The van der Waals surface area contributed by atoms with Crippen molar-refractivity contribution in [3.8, 4) is 0 Å². The SMILES string of the molecule is Cc1ccsc1CN1CC2(CCCC2)NCC1C(C)C. The topological polar surface area (TPSA) is 15.3 Å². The molecule has 3 heteroatoms. The molecule has 0 amide bonds. The summed E-state index contributed by atoms with van der Waals surface area (Å²) in [6.45, 7) is 10.6. The molecule has 1 aliphatic heterocycles. The first kappa shape index (κ1) is 14.6. The molecule has 2 fully saturated rings.